The van der Waals surface area contributed by atoms with Gasteiger partial charge in [0.15, 0.2) is 5.79 Å². The van der Waals surface area contributed by atoms with Crippen LogP contribution in [0.2, 0.25) is 0 Å². The van der Waals surface area contributed by atoms with Crippen LogP contribution >= 0.6 is 11.3 Å². The van der Waals surface area contributed by atoms with E-state index in [-0.39, 0.29) is 5.97 Å². The number of ether oxygens (including phenoxy) is 3. The van der Waals surface area contributed by atoms with Gasteiger partial charge in [-0.2, -0.15) is 0 Å². The zero-order chi connectivity index (χ0) is 13.3. The first-order valence-corrected chi connectivity index (χ1v) is 7.52. The molecule has 0 N–H and O–H groups in total. The fourth-order valence-corrected chi connectivity index (χ4v) is 4.08. The molecule has 1 aliphatic carbocycles. The van der Waals surface area contributed by atoms with Crippen molar-refractivity contribution in [2.75, 3.05) is 20.3 Å². The number of methoxy groups -OCH3 is 1. The van der Waals surface area contributed by atoms with Gasteiger partial charge in [-0.05, 0) is 25.3 Å². The van der Waals surface area contributed by atoms with Gasteiger partial charge in [-0.1, -0.05) is 0 Å². The molecule has 1 aromatic rings. The Kier molecular flexibility index (Phi) is 3.60. The van der Waals surface area contributed by atoms with Gasteiger partial charge in [-0.25, -0.2) is 0 Å². The third-order valence-electron chi connectivity index (χ3n) is 3.74. The summed E-state index contributed by atoms with van der Waals surface area (Å²) < 4.78 is 16.4. The first-order valence-electron chi connectivity index (χ1n) is 6.70. The molecule has 5 heteroatoms. The minimum Gasteiger partial charge on any atom is -0.469 e. The first kappa shape index (κ1) is 13.1. The highest BCUT2D eigenvalue weighted by Gasteiger charge is 2.43. The highest BCUT2D eigenvalue weighted by Crippen LogP contribution is 2.45. The molecule has 1 aliphatic heterocycles. The maximum Gasteiger partial charge on any atom is 0.305 e. The van der Waals surface area contributed by atoms with E-state index < -0.39 is 5.79 Å². The van der Waals surface area contributed by atoms with E-state index in [0.717, 1.165) is 25.7 Å². The molecule has 104 valence electrons. The molecule has 0 radical (unpaired) electrons. The molecule has 0 amide bonds. The van der Waals surface area contributed by atoms with Crippen molar-refractivity contribution in [1.82, 2.24) is 0 Å². The number of fused-ring (bicyclic) bond motifs is 2. The molecule has 4 nitrogen and oxygen atoms in total. The minimum absolute atomic E-state index is 0.158. The highest BCUT2D eigenvalue weighted by molar-refractivity contribution is 7.12. The highest BCUT2D eigenvalue weighted by atomic mass is 32.1. The largest absolute Gasteiger partial charge is 0.469 e. The molecule has 1 aromatic heterocycles. The third kappa shape index (κ3) is 2.42. The Morgan fingerprint density at radius 3 is 3.00 bits per heavy atom. The number of hydrogen-bond donors (Lipinski definition) is 0. The third-order valence-corrected chi connectivity index (χ3v) is 4.99. The molecular weight excluding hydrogens is 264 g/mol. The molecule has 19 heavy (non-hydrogen) atoms. The van der Waals surface area contributed by atoms with E-state index in [9.17, 15) is 4.79 Å². The van der Waals surface area contributed by atoms with Crippen molar-refractivity contribution >= 4 is 17.3 Å². The topological polar surface area (TPSA) is 44.8 Å². The van der Waals surface area contributed by atoms with Crippen LogP contribution in [0.3, 0.4) is 0 Å². The number of thiophene rings is 1. The van der Waals surface area contributed by atoms with Gasteiger partial charge < -0.3 is 14.2 Å². The lowest BCUT2D eigenvalue weighted by Crippen LogP contribution is -2.30. The zero-order valence-corrected chi connectivity index (χ0v) is 11.9. The standard InChI is InChI=1S/C14H18O4S/c1-16-13(15)5-4-10-9-11-12(19-10)3-2-6-14(11)17-7-8-18-14/h9H,2-8H2,1H3. The second-order valence-corrected chi connectivity index (χ2v) is 6.15. The van der Waals surface area contributed by atoms with Gasteiger partial charge in [-0.15, -0.1) is 11.3 Å². The fourth-order valence-electron chi connectivity index (χ4n) is 2.81. The van der Waals surface area contributed by atoms with E-state index >= 15 is 0 Å². The van der Waals surface area contributed by atoms with Crippen molar-refractivity contribution in [3.63, 3.8) is 0 Å². The van der Waals surface area contributed by atoms with Gasteiger partial charge in [0.1, 0.15) is 0 Å². The Labute approximate surface area is 116 Å². The summed E-state index contributed by atoms with van der Waals surface area (Å²) >= 11 is 1.78. The first-order chi connectivity index (χ1) is 9.23. The molecule has 0 saturated carbocycles. The molecule has 0 unspecified atom stereocenters. The number of esters is 1. The van der Waals surface area contributed by atoms with Gasteiger partial charge in [0.25, 0.3) is 0 Å². The van der Waals surface area contributed by atoms with Crippen LogP contribution in [0.15, 0.2) is 6.07 Å². The summed E-state index contributed by atoms with van der Waals surface area (Å²) in [5.74, 6) is -0.650. The maximum atomic E-state index is 11.2. The van der Waals surface area contributed by atoms with E-state index in [1.54, 1.807) is 11.3 Å². The second kappa shape index (κ2) is 5.23. The number of aryl methyl sites for hydroxylation is 2. The summed E-state index contributed by atoms with van der Waals surface area (Å²) in [6.07, 6.45) is 4.30. The smallest absolute Gasteiger partial charge is 0.305 e. The Bertz CT molecular complexity index is 474. The van der Waals surface area contributed by atoms with E-state index in [0.29, 0.717) is 19.6 Å². The van der Waals surface area contributed by atoms with Gasteiger partial charge in [0.05, 0.1) is 26.7 Å². The normalized spacial score (nSPS) is 20.5. The lowest BCUT2D eigenvalue weighted by atomic mass is 9.92. The minimum atomic E-state index is -0.492. The molecule has 3 rings (SSSR count). The number of hydrogen-bond acceptors (Lipinski definition) is 5. The lowest BCUT2D eigenvalue weighted by molar-refractivity contribution is -0.175. The van der Waals surface area contributed by atoms with Crippen LogP contribution in [0.5, 0.6) is 0 Å². The van der Waals surface area contributed by atoms with E-state index in [1.165, 1.54) is 22.4 Å². The molecule has 2 aliphatic rings. The Balaban J connectivity index is 1.79. The van der Waals surface area contributed by atoms with Crippen molar-refractivity contribution in [1.29, 1.82) is 0 Å². The lowest BCUT2D eigenvalue weighted by Gasteiger charge is -2.31. The second-order valence-electron chi connectivity index (χ2n) is 4.93. The van der Waals surface area contributed by atoms with E-state index in [2.05, 4.69) is 10.8 Å². The molecule has 1 saturated heterocycles. The molecule has 2 heterocycles. The predicted molar refractivity (Wildman–Crippen MR) is 71.2 cm³/mol. The van der Waals surface area contributed by atoms with Gasteiger partial charge in [0, 0.05) is 21.7 Å². The van der Waals surface area contributed by atoms with Crippen LogP contribution in [-0.4, -0.2) is 26.3 Å². The summed E-state index contributed by atoms with van der Waals surface area (Å²) in [4.78, 5) is 13.8. The average molecular weight is 282 g/mol. The van der Waals surface area contributed by atoms with Gasteiger partial charge in [-0.3, -0.25) is 4.79 Å². The SMILES string of the molecule is COC(=O)CCc1cc2c(s1)CCCC21OCCO1. The number of rotatable bonds is 3. The van der Waals surface area contributed by atoms with Crippen LogP contribution in [-0.2, 0) is 37.6 Å². The summed E-state index contributed by atoms with van der Waals surface area (Å²) in [6, 6.07) is 2.16. The van der Waals surface area contributed by atoms with Crippen LogP contribution in [0, 0.1) is 0 Å². The van der Waals surface area contributed by atoms with Crippen LogP contribution < -0.4 is 0 Å². The van der Waals surface area contributed by atoms with Gasteiger partial charge in [0.2, 0.25) is 0 Å². The maximum absolute atomic E-state index is 11.2. The summed E-state index contributed by atoms with van der Waals surface area (Å²) in [6.45, 7) is 1.35. The van der Waals surface area contributed by atoms with Crippen LogP contribution in [0.4, 0.5) is 0 Å². The average Bonchev–Trinajstić information content (AvgIpc) is 3.04. The van der Waals surface area contributed by atoms with Crippen molar-refractivity contribution in [2.45, 2.75) is 37.9 Å². The quantitative estimate of drug-likeness (QED) is 0.799. The number of carbonyl (C=O) groups excluding carboxylic acids is 1. The van der Waals surface area contributed by atoms with Crippen molar-refractivity contribution in [3.05, 3.63) is 21.4 Å². The van der Waals surface area contributed by atoms with Crippen LogP contribution in [0.25, 0.3) is 0 Å². The number of carbonyl (C=O) groups is 1. The summed E-state index contributed by atoms with van der Waals surface area (Å²) in [5.41, 5.74) is 1.20. The van der Waals surface area contributed by atoms with Crippen molar-refractivity contribution in [3.8, 4) is 0 Å². The molecule has 1 spiro atoms. The Morgan fingerprint density at radius 2 is 2.26 bits per heavy atom. The van der Waals surface area contributed by atoms with Gasteiger partial charge >= 0.3 is 5.97 Å². The Hall–Kier alpha value is -0.910. The molecule has 1 fully saturated rings. The van der Waals surface area contributed by atoms with E-state index in [1.807, 2.05) is 0 Å². The molecule has 0 aromatic carbocycles. The summed E-state index contributed by atoms with van der Waals surface area (Å²) in [7, 11) is 1.43. The molecule has 0 bridgehead atoms. The predicted octanol–water partition coefficient (Wildman–Crippen LogP) is 2.39. The monoisotopic (exact) mass is 282 g/mol. The Morgan fingerprint density at radius 1 is 1.47 bits per heavy atom. The van der Waals surface area contributed by atoms with Crippen molar-refractivity contribution < 1.29 is 19.0 Å². The fraction of sp³-hybridized carbons (Fsp3) is 0.643. The summed E-state index contributed by atoms with van der Waals surface area (Å²) in [5, 5.41) is 0. The van der Waals surface area contributed by atoms with Crippen molar-refractivity contribution in [2.24, 2.45) is 0 Å². The molecule has 0 atom stereocenters. The zero-order valence-electron chi connectivity index (χ0n) is 11.1. The van der Waals surface area contributed by atoms with E-state index in [4.69, 9.17) is 9.47 Å². The van der Waals surface area contributed by atoms with Crippen LogP contribution in [0.1, 0.15) is 34.6 Å². The molecular formula is C14H18O4S.